The number of ether oxygens (including phenoxy) is 1. The molecule has 0 aliphatic heterocycles. The number of aliphatic hydroxyl groups is 2. The van der Waals surface area contributed by atoms with Crippen LogP contribution < -0.4 is 5.32 Å². The number of nitrogens with zero attached hydrogens (tertiary/aromatic N) is 1. The summed E-state index contributed by atoms with van der Waals surface area (Å²) in [5, 5.41) is 33.1. The lowest BCUT2D eigenvalue weighted by Crippen LogP contribution is -2.22. The van der Waals surface area contributed by atoms with Gasteiger partial charge in [0.1, 0.15) is 6.10 Å². The molecule has 1 saturated carbocycles. The quantitative estimate of drug-likeness (QED) is 0.0471. The maximum absolute atomic E-state index is 12.6. The van der Waals surface area contributed by atoms with Crippen molar-refractivity contribution in [2.75, 3.05) is 13.2 Å². The molecule has 1 amide bonds. The van der Waals surface area contributed by atoms with Gasteiger partial charge < -0.3 is 20.3 Å². The number of hydrogen-bond acceptors (Lipinski definition) is 9. The lowest BCUT2D eigenvalue weighted by Gasteiger charge is -2.21. The van der Waals surface area contributed by atoms with Crippen molar-refractivity contribution in [2.45, 2.75) is 95.9 Å². The normalized spacial score (nSPS) is 21.0. The van der Waals surface area contributed by atoms with E-state index in [0.717, 1.165) is 18.4 Å². The van der Waals surface area contributed by atoms with Gasteiger partial charge >= 0.3 is 11.1 Å². The first-order chi connectivity index (χ1) is 20.3. The van der Waals surface area contributed by atoms with Gasteiger partial charge in [-0.15, -0.1) is 15.1 Å². The molecule has 1 aromatic rings. The molecular formula is C31H46N2O9. The number of benzene rings is 1. The maximum atomic E-state index is 12.6. The van der Waals surface area contributed by atoms with Crippen LogP contribution >= 0.6 is 0 Å². The lowest BCUT2D eigenvalue weighted by molar-refractivity contribution is -0.850. The Hall–Kier alpha value is -3.28. The second kappa shape index (κ2) is 20.6. The van der Waals surface area contributed by atoms with E-state index in [9.17, 15) is 29.9 Å². The van der Waals surface area contributed by atoms with E-state index in [1.54, 1.807) is 0 Å². The number of allylic oxidation sites excluding steroid dienone is 2. The highest BCUT2D eigenvalue weighted by Crippen LogP contribution is 2.36. The maximum Gasteiger partial charge on any atom is 0.322 e. The predicted octanol–water partition coefficient (Wildman–Crippen LogP) is 4.40. The molecule has 0 radical (unpaired) electrons. The van der Waals surface area contributed by atoms with Gasteiger partial charge in [-0.25, -0.2) is 0 Å². The minimum Gasteiger partial charge on any atom is -0.458 e. The third-order valence-electron chi connectivity index (χ3n) is 7.25. The first kappa shape index (κ1) is 34.9. The Morgan fingerprint density at radius 2 is 1.88 bits per heavy atom. The lowest BCUT2D eigenvalue weighted by atomic mass is 9.89. The fourth-order valence-electron chi connectivity index (χ4n) is 5.06. The van der Waals surface area contributed by atoms with Gasteiger partial charge in [0.2, 0.25) is 5.91 Å². The molecular weight excluding hydrogens is 544 g/mol. The van der Waals surface area contributed by atoms with E-state index in [0.29, 0.717) is 51.5 Å². The predicted molar refractivity (Wildman–Crippen MR) is 156 cm³/mol. The summed E-state index contributed by atoms with van der Waals surface area (Å²) >= 11 is 0. The van der Waals surface area contributed by atoms with Crippen LogP contribution in [0.4, 0.5) is 0 Å². The van der Waals surface area contributed by atoms with Gasteiger partial charge in [-0.1, -0.05) is 55.0 Å². The molecule has 0 saturated heterocycles. The van der Waals surface area contributed by atoms with Gasteiger partial charge in [-0.2, -0.15) is 4.89 Å². The zero-order valence-corrected chi connectivity index (χ0v) is 24.5. The van der Waals surface area contributed by atoms with Crippen molar-refractivity contribution in [3.8, 4) is 0 Å². The van der Waals surface area contributed by atoms with E-state index >= 15 is 0 Å². The van der Waals surface area contributed by atoms with Crippen molar-refractivity contribution in [1.82, 2.24) is 5.32 Å². The first-order valence-corrected chi connectivity index (χ1v) is 14.9. The van der Waals surface area contributed by atoms with E-state index in [1.807, 2.05) is 61.6 Å². The molecule has 1 aliphatic carbocycles. The van der Waals surface area contributed by atoms with Crippen LogP contribution in [0.1, 0.15) is 76.7 Å². The number of aliphatic hydroxyl groups excluding tert-OH is 2. The molecule has 1 fully saturated rings. The molecule has 0 spiro atoms. The van der Waals surface area contributed by atoms with Crippen molar-refractivity contribution >= 4 is 11.9 Å². The third kappa shape index (κ3) is 14.6. The Morgan fingerprint density at radius 3 is 2.62 bits per heavy atom. The number of amides is 1. The Balaban J connectivity index is 1.91. The molecule has 1 aromatic carbocycles. The van der Waals surface area contributed by atoms with Crippen molar-refractivity contribution in [3.63, 3.8) is 0 Å². The molecule has 1 aliphatic rings. The van der Waals surface area contributed by atoms with Gasteiger partial charge in [-0.05, 0) is 69.4 Å². The molecule has 2 rings (SSSR count). The van der Waals surface area contributed by atoms with Crippen molar-refractivity contribution in [1.29, 1.82) is 0 Å². The summed E-state index contributed by atoms with van der Waals surface area (Å²) in [5.41, 5.74) is 1.12. The molecule has 0 bridgehead atoms. The van der Waals surface area contributed by atoms with Crippen LogP contribution in [-0.2, 0) is 30.6 Å². The van der Waals surface area contributed by atoms with Crippen LogP contribution in [0.2, 0.25) is 0 Å². The Kier molecular flexibility index (Phi) is 17.1. The molecule has 0 heterocycles. The monoisotopic (exact) mass is 590 g/mol. The standard InChI is InChI=1S/C31H46N2O9/c1-2-32-30(36)16-10-4-3-9-15-26-27(29(35)23-28(26)34)21-20-25(19-18-24-13-7-5-8-14-24)41-31(37)17-11-6-12-22-40-42-33(38)39/h3,5,7-9,13-14,20-21,25-29,34-35H,2,4,6,10-12,15-19,22-23H2,1H3,(H,32,36)/b9-3+,21-20+/t25-,26+,27+,28-,29+/m0/s1. The molecule has 234 valence electrons. The number of rotatable bonds is 21. The highest BCUT2D eigenvalue weighted by atomic mass is 17.3. The van der Waals surface area contributed by atoms with Crippen molar-refractivity contribution in [2.24, 2.45) is 11.8 Å². The molecule has 0 aromatic heterocycles. The highest BCUT2D eigenvalue weighted by Gasteiger charge is 2.39. The topological polar surface area (TPSA) is 157 Å². The molecule has 3 N–H and O–H groups in total. The van der Waals surface area contributed by atoms with Gasteiger partial charge in [-0.3, -0.25) is 9.59 Å². The van der Waals surface area contributed by atoms with Gasteiger partial charge in [0, 0.05) is 31.7 Å². The summed E-state index contributed by atoms with van der Waals surface area (Å²) in [6.07, 6.45) is 11.9. The average Bonchev–Trinajstić information content (AvgIpc) is 3.23. The van der Waals surface area contributed by atoms with Crippen LogP contribution in [-0.4, -0.2) is 58.6 Å². The van der Waals surface area contributed by atoms with Crippen molar-refractivity contribution in [3.05, 3.63) is 70.3 Å². The van der Waals surface area contributed by atoms with E-state index < -0.39 is 23.4 Å². The fourth-order valence-corrected chi connectivity index (χ4v) is 5.06. The van der Waals surface area contributed by atoms with E-state index in [2.05, 4.69) is 15.2 Å². The minimum atomic E-state index is -1.02. The number of aryl methyl sites for hydroxylation is 1. The SMILES string of the molecule is CCNC(=O)CCC/C=C/C[C@@H]1[C@@H](/C=C/[C@H](CCc2ccccc2)OC(=O)CCCCCOO[N+](=O)[O-])[C@H](O)C[C@@H]1O. The summed E-state index contributed by atoms with van der Waals surface area (Å²) in [5.74, 6) is -0.746. The summed E-state index contributed by atoms with van der Waals surface area (Å²) in [6.45, 7) is 2.57. The summed E-state index contributed by atoms with van der Waals surface area (Å²) < 4.78 is 5.79. The minimum absolute atomic E-state index is 0.0443. The summed E-state index contributed by atoms with van der Waals surface area (Å²) in [6, 6.07) is 9.90. The number of unbranched alkanes of at least 4 members (excludes halogenated alkanes) is 3. The number of nitrogens with one attached hydrogen (secondary N) is 1. The first-order valence-electron chi connectivity index (χ1n) is 14.9. The number of carbonyl (C=O) groups excluding carboxylic acids is 2. The molecule has 11 nitrogen and oxygen atoms in total. The number of carbonyl (C=O) groups is 2. The van der Waals surface area contributed by atoms with Crippen LogP contribution in [0.25, 0.3) is 0 Å². The van der Waals surface area contributed by atoms with Crippen LogP contribution in [0.5, 0.6) is 0 Å². The summed E-state index contributed by atoms with van der Waals surface area (Å²) in [7, 11) is 0. The van der Waals surface area contributed by atoms with E-state index in [1.165, 1.54) is 0 Å². The second-order valence-corrected chi connectivity index (χ2v) is 10.5. The van der Waals surface area contributed by atoms with Gasteiger partial charge in [0.15, 0.2) is 0 Å². The van der Waals surface area contributed by atoms with E-state index in [-0.39, 0.29) is 43.2 Å². The van der Waals surface area contributed by atoms with Gasteiger partial charge in [0.05, 0.1) is 18.8 Å². The second-order valence-electron chi connectivity index (χ2n) is 10.5. The van der Waals surface area contributed by atoms with E-state index in [4.69, 9.17) is 4.74 Å². The molecule has 5 atom stereocenters. The van der Waals surface area contributed by atoms with Gasteiger partial charge in [0.25, 0.3) is 0 Å². The molecule has 42 heavy (non-hydrogen) atoms. The largest absolute Gasteiger partial charge is 0.458 e. The zero-order valence-electron chi connectivity index (χ0n) is 24.5. The fraction of sp³-hybridized carbons (Fsp3) is 0.613. The average molecular weight is 591 g/mol. The number of hydrogen-bond donors (Lipinski definition) is 3. The summed E-state index contributed by atoms with van der Waals surface area (Å²) in [4.78, 5) is 42.5. The number of esters is 1. The van der Waals surface area contributed by atoms with Crippen LogP contribution in [0, 0.1) is 22.0 Å². The molecule has 0 unspecified atom stereocenters. The smallest absolute Gasteiger partial charge is 0.322 e. The third-order valence-corrected chi connectivity index (χ3v) is 7.25. The van der Waals surface area contributed by atoms with Crippen molar-refractivity contribution < 1.29 is 39.5 Å². The Labute approximate surface area is 248 Å². The zero-order chi connectivity index (χ0) is 30.6. The van der Waals surface area contributed by atoms with Crippen LogP contribution in [0.3, 0.4) is 0 Å². The molecule has 11 heteroatoms. The van der Waals surface area contributed by atoms with Crippen LogP contribution in [0.15, 0.2) is 54.6 Å². The Bertz CT molecular complexity index is 986. The Morgan fingerprint density at radius 1 is 1.10 bits per heavy atom. The highest BCUT2D eigenvalue weighted by molar-refractivity contribution is 5.75.